The monoisotopic (exact) mass is 239 g/mol. The van der Waals surface area contributed by atoms with Crippen LogP contribution in [0, 0.1) is 6.92 Å². The van der Waals surface area contributed by atoms with Crippen molar-refractivity contribution < 1.29 is 8.42 Å². The molecular formula is C12H17NO2S. The molecule has 3 nitrogen and oxygen atoms in total. The zero-order valence-corrected chi connectivity index (χ0v) is 10.3. The average Bonchev–Trinajstić information content (AvgIpc) is 2.20. The van der Waals surface area contributed by atoms with Crippen molar-refractivity contribution >= 4 is 15.5 Å². The van der Waals surface area contributed by atoms with Crippen LogP contribution in [0.5, 0.6) is 0 Å². The van der Waals surface area contributed by atoms with Crippen LogP contribution in [0.3, 0.4) is 0 Å². The molecule has 1 aliphatic heterocycles. The highest BCUT2D eigenvalue weighted by Crippen LogP contribution is 2.17. The number of hydrogen-bond acceptors (Lipinski definition) is 3. The van der Waals surface area contributed by atoms with Gasteiger partial charge < -0.3 is 5.32 Å². The van der Waals surface area contributed by atoms with Gasteiger partial charge in [0.15, 0.2) is 9.84 Å². The quantitative estimate of drug-likeness (QED) is 0.858. The van der Waals surface area contributed by atoms with Gasteiger partial charge in [-0.05, 0) is 31.9 Å². The molecule has 0 bridgehead atoms. The second-order valence-electron chi connectivity index (χ2n) is 4.46. The number of rotatable bonds is 2. The molecule has 1 unspecified atom stereocenters. The van der Waals surface area contributed by atoms with Gasteiger partial charge in [0.2, 0.25) is 0 Å². The van der Waals surface area contributed by atoms with Gasteiger partial charge in [0.1, 0.15) is 0 Å². The maximum absolute atomic E-state index is 11.5. The van der Waals surface area contributed by atoms with Crippen LogP contribution in [0.1, 0.15) is 18.4 Å². The highest BCUT2D eigenvalue weighted by molar-refractivity contribution is 7.91. The Morgan fingerprint density at radius 3 is 2.56 bits per heavy atom. The van der Waals surface area contributed by atoms with Gasteiger partial charge in [-0.25, -0.2) is 8.42 Å². The van der Waals surface area contributed by atoms with Gasteiger partial charge in [-0.2, -0.15) is 0 Å². The normalized spacial score (nSPS) is 23.9. The van der Waals surface area contributed by atoms with E-state index in [1.54, 1.807) is 0 Å². The number of benzene rings is 1. The maximum Gasteiger partial charge on any atom is 0.152 e. The van der Waals surface area contributed by atoms with Crippen molar-refractivity contribution in [3.63, 3.8) is 0 Å². The minimum absolute atomic E-state index is 0.0708. The fourth-order valence-corrected chi connectivity index (χ4v) is 3.66. The largest absolute Gasteiger partial charge is 0.381 e. The zero-order valence-electron chi connectivity index (χ0n) is 9.44. The molecule has 0 saturated carbocycles. The van der Waals surface area contributed by atoms with Crippen LogP contribution in [-0.4, -0.2) is 26.0 Å². The average molecular weight is 239 g/mol. The van der Waals surface area contributed by atoms with Crippen LogP contribution in [0.2, 0.25) is 0 Å². The van der Waals surface area contributed by atoms with Gasteiger partial charge in [0.05, 0.1) is 11.5 Å². The van der Waals surface area contributed by atoms with Crippen molar-refractivity contribution in [2.45, 2.75) is 25.8 Å². The highest BCUT2D eigenvalue weighted by Gasteiger charge is 2.24. The van der Waals surface area contributed by atoms with Gasteiger partial charge in [0, 0.05) is 11.7 Å². The lowest BCUT2D eigenvalue weighted by molar-refractivity contribution is 0.562. The number of hydrogen-bond donors (Lipinski definition) is 1. The summed E-state index contributed by atoms with van der Waals surface area (Å²) < 4.78 is 22.9. The molecule has 1 aliphatic rings. The summed E-state index contributed by atoms with van der Waals surface area (Å²) in [5.74, 6) is 0.611. The fraction of sp³-hybridized carbons (Fsp3) is 0.500. The highest BCUT2D eigenvalue weighted by atomic mass is 32.2. The third-order valence-corrected chi connectivity index (χ3v) is 4.71. The third kappa shape index (κ3) is 2.98. The Morgan fingerprint density at radius 1 is 1.25 bits per heavy atom. The van der Waals surface area contributed by atoms with E-state index in [4.69, 9.17) is 0 Å². The number of anilines is 1. The topological polar surface area (TPSA) is 46.2 Å². The first kappa shape index (κ1) is 11.5. The van der Waals surface area contributed by atoms with E-state index in [2.05, 4.69) is 5.32 Å². The SMILES string of the molecule is Cc1ccc(NC2CCCS(=O)(=O)C2)cc1. The molecule has 2 rings (SSSR count). The molecule has 0 spiro atoms. The van der Waals surface area contributed by atoms with Gasteiger partial charge >= 0.3 is 0 Å². The van der Waals surface area contributed by atoms with E-state index in [1.165, 1.54) is 5.56 Å². The van der Waals surface area contributed by atoms with E-state index >= 15 is 0 Å². The molecule has 1 aromatic rings. The van der Waals surface area contributed by atoms with E-state index in [1.807, 2.05) is 31.2 Å². The standard InChI is InChI=1S/C12H17NO2S/c1-10-4-6-11(7-5-10)13-12-3-2-8-16(14,15)9-12/h4-7,12-13H,2-3,8-9H2,1H3. The van der Waals surface area contributed by atoms with Crippen LogP contribution < -0.4 is 5.32 Å². The predicted molar refractivity (Wildman–Crippen MR) is 66.5 cm³/mol. The van der Waals surface area contributed by atoms with Crippen LogP contribution >= 0.6 is 0 Å². The van der Waals surface area contributed by atoms with Crippen LogP contribution in [0.4, 0.5) is 5.69 Å². The molecule has 1 heterocycles. The molecule has 0 radical (unpaired) electrons. The van der Waals surface area contributed by atoms with Gasteiger partial charge in [-0.1, -0.05) is 17.7 Å². The fourth-order valence-electron chi connectivity index (χ4n) is 2.02. The number of sulfone groups is 1. The molecule has 1 saturated heterocycles. The summed E-state index contributed by atoms with van der Waals surface area (Å²) in [5.41, 5.74) is 2.22. The Balaban J connectivity index is 2.02. The van der Waals surface area contributed by atoms with Crippen molar-refractivity contribution in [3.05, 3.63) is 29.8 Å². The molecule has 1 atom stereocenters. The molecule has 4 heteroatoms. The first-order chi connectivity index (χ1) is 7.55. The summed E-state index contributed by atoms with van der Waals surface area (Å²) in [6.07, 6.45) is 1.71. The van der Waals surface area contributed by atoms with Crippen molar-refractivity contribution in [2.24, 2.45) is 0 Å². The molecular weight excluding hydrogens is 222 g/mol. The first-order valence-corrected chi connectivity index (χ1v) is 7.41. The zero-order chi connectivity index (χ0) is 11.6. The molecule has 1 aromatic carbocycles. The van der Waals surface area contributed by atoms with Crippen LogP contribution in [-0.2, 0) is 9.84 Å². The molecule has 1 fully saturated rings. The Kier molecular flexibility index (Phi) is 3.19. The Bertz CT molecular complexity index is 450. The molecule has 1 N–H and O–H groups in total. The summed E-state index contributed by atoms with van der Waals surface area (Å²) in [7, 11) is -2.82. The number of aryl methyl sites for hydroxylation is 1. The lowest BCUT2D eigenvalue weighted by atomic mass is 10.1. The Morgan fingerprint density at radius 2 is 1.94 bits per heavy atom. The molecule has 0 aliphatic carbocycles. The van der Waals surface area contributed by atoms with E-state index in [0.29, 0.717) is 5.75 Å². The molecule has 0 amide bonds. The van der Waals surface area contributed by atoms with Gasteiger partial charge in [-0.15, -0.1) is 0 Å². The minimum atomic E-state index is -2.82. The minimum Gasteiger partial charge on any atom is -0.381 e. The summed E-state index contributed by atoms with van der Waals surface area (Å²) in [5, 5.41) is 3.28. The van der Waals surface area contributed by atoms with Crippen molar-refractivity contribution in [1.82, 2.24) is 0 Å². The van der Waals surface area contributed by atoms with Crippen molar-refractivity contribution in [1.29, 1.82) is 0 Å². The molecule has 0 aromatic heterocycles. The summed E-state index contributed by atoms with van der Waals surface area (Å²) >= 11 is 0. The number of nitrogens with one attached hydrogen (secondary N) is 1. The maximum atomic E-state index is 11.5. The van der Waals surface area contributed by atoms with Crippen LogP contribution in [0.25, 0.3) is 0 Å². The Labute approximate surface area is 96.8 Å². The van der Waals surface area contributed by atoms with E-state index in [0.717, 1.165) is 18.5 Å². The second-order valence-corrected chi connectivity index (χ2v) is 6.69. The van der Waals surface area contributed by atoms with E-state index in [9.17, 15) is 8.42 Å². The molecule has 88 valence electrons. The summed E-state index contributed by atoms with van der Waals surface area (Å²) in [6.45, 7) is 2.04. The lowest BCUT2D eigenvalue weighted by Crippen LogP contribution is -2.34. The third-order valence-electron chi connectivity index (χ3n) is 2.89. The van der Waals surface area contributed by atoms with Crippen LogP contribution in [0.15, 0.2) is 24.3 Å². The van der Waals surface area contributed by atoms with Crippen molar-refractivity contribution in [2.75, 3.05) is 16.8 Å². The molecule has 16 heavy (non-hydrogen) atoms. The second kappa shape index (κ2) is 4.45. The summed E-state index contributed by atoms with van der Waals surface area (Å²) in [4.78, 5) is 0. The van der Waals surface area contributed by atoms with Gasteiger partial charge in [-0.3, -0.25) is 0 Å². The van der Waals surface area contributed by atoms with Crippen molar-refractivity contribution in [3.8, 4) is 0 Å². The first-order valence-electron chi connectivity index (χ1n) is 5.59. The smallest absolute Gasteiger partial charge is 0.152 e. The van der Waals surface area contributed by atoms with Gasteiger partial charge in [0.25, 0.3) is 0 Å². The lowest BCUT2D eigenvalue weighted by Gasteiger charge is -2.24. The van der Waals surface area contributed by atoms with E-state index in [-0.39, 0.29) is 11.8 Å². The van der Waals surface area contributed by atoms with E-state index < -0.39 is 9.84 Å². The summed E-state index contributed by atoms with van der Waals surface area (Å²) in [6, 6.07) is 8.12. The predicted octanol–water partition coefficient (Wildman–Crippen LogP) is 1.98. The Hall–Kier alpha value is -1.03.